The van der Waals surface area contributed by atoms with Crippen LogP contribution in [0.5, 0.6) is 0 Å². The third-order valence-corrected chi connectivity index (χ3v) is 8.04. The molecular formula is C38H48N8. The zero-order valence-electron chi connectivity index (χ0n) is 28.1. The van der Waals surface area contributed by atoms with Crippen LogP contribution < -0.4 is 9.80 Å². The van der Waals surface area contributed by atoms with Crippen molar-refractivity contribution in [1.29, 1.82) is 0 Å². The van der Waals surface area contributed by atoms with Crippen molar-refractivity contribution >= 4 is 29.6 Å². The third-order valence-electron chi connectivity index (χ3n) is 8.04. The number of aliphatic imine (C=N–C) groups is 2. The number of anilines is 3. The summed E-state index contributed by atoms with van der Waals surface area (Å²) in [6, 6.07) is 27.4. The molecule has 1 aliphatic rings. The number of hydrogen-bond donors (Lipinski definition) is 0. The van der Waals surface area contributed by atoms with Gasteiger partial charge in [0.2, 0.25) is 0 Å². The first-order chi connectivity index (χ1) is 22.4. The van der Waals surface area contributed by atoms with Crippen LogP contribution >= 0.6 is 0 Å². The Morgan fingerprint density at radius 1 is 0.674 bits per heavy atom. The average molecular weight is 617 g/mol. The van der Waals surface area contributed by atoms with Crippen molar-refractivity contribution in [3.05, 3.63) is 90.0 Å². The van der Waals surface area contributed by atoms with Gasteiger partial charge >= 0.3 is 0 Å². The minimum Gasteiger partial charge on any atom is -0.352 e. The molecule has 3 aromatic carbocycles. The van der Waals surface area contributed by atoms with Gasteiger partial charge in [-0.15, -0.1) is 0 Å². The molecule has 8 heteroatoms. The van der Waals surface area contributed by atoms with E-state index in [1.54, 1.807) is 0 Å². The molecule has 1 aliphatic heterocycles. The standard InChI is InChI=1S/C38H48N8/c1-43(2)25-11-9-23-39-27-30-15-19-32(20-16-30)35-36-38(46(29-45(36)5)34-13-7-6-8-14-34)42-37(41-35)33-21-17-31(18-22-33)28-40-24-10-12-26-44(3)4/h6-8,13-22,27-28H,9-12,23-26,29H2,1-5H3/b39-27-,40-28+. The molecule has 0 atom stereocenters. The van der Waals surface area contributed by atoms with E-state index in [4.69, 9.17) is 9.97 Å². The number of benzene rings is 3. The molecule has 1 aromatic heterocycles. The summed E-state index contributed by atoms with van der Waals surface area (Å²) in [5.74, 6) is 1.63. The normalized spacial score (nSPS) is 13.2. The van der Waals surface area contributed by atoms with Crippen LogP contribution in [-0.2, 0) is 0 Å². The van der Waals surface area contributed by atoms with Gasteiger partial charge in [-0.05, 0) is 90.2 Å². The van der Waals surface area contributed by atoms with Gasteiger partial charge in [-0.25, -0.2) is 9.97 Å². The molecule has 0 saturated heterocycles. The zero-order chi connectivity index (χ0) is 32.3. The first-order valence-electron chi connectivity index (χ1n) is 16.3. The fraction of sp³-hybridized carbons (Fsp3) is 0.368. The van der Waals surface area contributed by atoms with Crippen molar-refractivity contribution in [3.8, 4) is 22.6 Å². The van der Waals surface area contributed by atoms with Crippen LogP contribution in [0.1, 0.15) is 36.8 Å². The number of nitrogens with zero attached hydrogens (tertiary/aromatic N) is 8. The zero-order valence-corrected chi connectivity index (χ0v) is 28.1. The summed E-state index contributed by atoms with van der Waals surface area (Å²) >= 11 is 0. The number of aromatic nitrogens is 2. The summed E-state index contributed by atoms with van der Waals surface area (Å²) in [4.78, 5) is 28.6. The van der Waals surface area contributed by atoms with E-state index in [2.05, 4.69) is 138 Å². The molecule has 0 radical (unpaired) electrons. The predicted octanol–water partition coefficient (Wildman–Crippen LogP) is 6.88. The van der Waals surface area contributed by atoms with Gasteiger partial charge in [0.15, 0.2) is 11.6 Å². The van der Waals surface area contributed by atoms with Gasteiger partial charge in [-0.2, -0.15) is 0 Å². The van der Waals surface area contributed by atoms with Gasteiger partial charge in [-0.3, -0.25) is 9.98 Å². The summed E-state index contributed by atoms with van der Waals surface area (Å²) < 4.78 is 0. The lowest BCUT2D eigenvalue weighted by atomic mass is 10.1. The lowest BCUT2D eigenvalue weighted by molar-refractivity contribution is 0.396. The molecular weight excluding hydrogens is 568 g/mol. The van der Waals surface area contributed by atoms with Crippen LogP contribution in [0.25, 0.3) is 22.6 Å². The predicted molar refractivity (Wildman–Crippen MR) is 195 cm³/mol. The van der Waals surface area contributed by atoms with Gasteiger partial charge in [-0.1, -0.05) is 66.7 Å². The van der Waals surface area contributed by atoms with Crippen LogP contribution in [0.15, 0.2) is 88.8 Å². The lowest BCUT2D eigenvalue weighted by Gasteiger charge is -2.18. The van der Waals surface area contributed by atoms with Crippen LogP contribution in [0, 0.1) is 0 Å². The monoisotopic (exact) mass is 616 g/mol. The summed E-state index contributed by atoms with van der Waals surface area (Å²) in [6.45, 7) is 4.59. The first kappa shape index (κ1) is 33.0. The number of hydrogen-bond acceptors (Lipinski definition) is 8. The number of para-hydroxylation sites is 1. The maximum absolute atomic E-state index is 5.19. The topological polar surface area (TPSA) is 63.5 Å². The van der Waals surface area contributed by atoms with Gasteiger partial charge in [0.05, 0.1) is 12.4 Å². The Kier molecular flexibility index (Phi) is 11.6. The second kappa shape index (κ2) is 16.2. The fourth-order valence-corrected chi connectivity index (χ4v) is 5.52. The van der Waals surface area contributed by atoms with E-state index in [9.17, 15) is 0 Å². The van der Waals surface area contributed by atoms with E-state index in [1.807, 2.05) is 18.5 Å². The summed E-state index contributed by atoms with van der Waals surface area (Å²) in [6.07, 6.45) is 8.45. The SMILES string of the molecule is CN(C)CCCC/N=C\c1ccc(-c2nc(-c3ccc(/C=N/CCCCN(C)C)cc3)nc3c2N(C)CN3c2ccccc2)cc1. The highest BCUT2D eigenvalue weighted by atomic mass is 15.4. The first-order valence-corrected chi connectivity index (χ1v) is 16.3. The van der Waals surface area contributed by atoms with Crippen molar-refractivity contribution in [1.82, 2.24) is 19.8 Å². The highest BCUT2D eigenvalue weighted by molar-refractivity contribution is 5.92. The average Bonchev–Trinajstić information content (AvgIpc) is 3.40. The molecule has 0 spiro atoms. The Bertz CT molecular complexity index is 1580. The van der Waals surface area contributed by atoms with Gasteiger partial charge < -0.3 is 19.6 Å². The molecule has 0 bridgehead atoms. The third kappa shape index (κ3) is 8.86. The van der Waals surface area contributed by atoms with E-state index >= 15 is 0 Å². The summed E-state index contributed by atoms with van der Waals surface area (Å²) in [5.41, 5.74) is 7.29. The number of unbranched alkanes of at least 4 members (excludes halogenated alkanes) is 2. The smallest absolute Gasteiger partial charge is 0.163 e. The quantitative estimate of drug-likeness (QED) is 0.107. The summed E-state index contributed by atoms with van der Waals surface area (Å²) in [7, 11) is 10.6. The molecule has 8 nitrogen and oxygen atoms in total. The van der Waals surface area contributed by atoms with Gasteiger partial charge in [0, 0.05) is 49.4 Å². The second-order valence-corrected chi connectivity index (χ2v) is 12.5. The molecule has 0 fully saturated rings. The van der Waals surface area contributed by atoms with E-state index in [1.165, 1.54) is 0 Å². The highest BCUT2D eigenvalue weighted by Gasteiger charge is 2.31. The molecule has 2 heterocycles. The molecule has 5 rings (SSSR count). The van der Waals surface area contributed by atoms with Crippen molar-refractivity contribution in [2.75, 3.05) is 77.9 Å². The van der Waals surface area contributed by atoms with E-state index < -0.39 is 0 Å². The minimum atomic E-state index is 0.701. The summed E-state index contributed by atoms with van der Waals surface area (Å²) in [5, 5.41) is 0. The highest BCUT2D eigenvalue weighted by Crippen LogP contribution is 2.44. The van der Waals surface area contributed by atoms with Crippen molar-refractivity contribution in [2.45, 2.75) is 25.7 Å². The molecule has 4 aromatic rings. The Balaban J connectivity index is 1.40. The van der Waals surface area contributed by atoms with Crippen LogP contribution in [0.4, 0.5) is 17.2 Å². The Hall–Kier alpha value is -4.40. The molecule has 240 valence electrons. The maximum atomic E-state index is 5.19. The maximum Gasteiger partial charge on any atom is 0.163 e. The van der Waals surface area contributed by atoms with Crippen molar-refractivity contribution in [3.63, 3.8) is 0 Å². The van der Waals surface area contributed by atoms with E-state index in [0.29, 0.717) is 12.5 Å². The van der Waals surface area contributed by atoms with E-state index in [-0.39, 0.29) is 0 Å². The Morgan fingerprint density at radius 2 is 1.22 bits per heavy atom. The Morgan fingerprint density at radius 3 is 1.76 bits per heavy atom. The number of fused-ring (bicyclic) bond motifs is 1. The van der Waals surface area contributed by atoms with Crippen molar-refractivity contribution in [2.24, 2.45) is 9.98 Å². The van der Waals surface area contributed by atoms with Crippen LogP contribution in [0.3, 0.4) is 0 Å². The molecule has 46 heavy (non-hydrogen) atoms. The number of rotatable bonds is 15. The van der Waals surface area contributed by atoms with Gasteiger partial charge in [0.1, 0.15) is 5.69 Å². The molecule has 0 saturated carbocycles. The van der Waals surface area contributed by atoms with Gasteiger partial charge in [0.25, 0.3) is 0 Å². The lowest BCUT2D eigenvalue weighted by Crippen LogP contribution is -2.24. The van der Waals surface area contributed by atoms with E-state index in [0.717, 1.165) is 97.0 Å². The molecule has 0 aliphatic carbocycles. The van der Waals surface area contributed by atoms with Crippen molar-refractivity contribution < 1.29 is 0 Å². The second-order valence-electron chi connectivity index (χ2n) is 12.5. The Labute approximate surface area is 275 Å². The van der Waals surface area contributed by atoms with Crippen LogP contribution in [-0.4, -0.2) is 100 Å². The molecule has 0 amide bonds. The largest absolute Gasteiger partial charge is 0.352 e. The molecule has 0 unspecified atom stereocenters. The minimum absolute atomic E-state index is 0.701. The molecule has 0 N–H and O–H groups in total. The van der Waals surface area contributed by atoms with Crippen LogP contribution in [0.2, 0.25) is 0 Å². The fourth-order valence-electron chi connectivity index (χ4n) is 5.52.